The van der Waals surface area contributed by atoms with Crippen molar-refractivity contribution in [3.63, 3.8) is 0 Å². The van der Waals surface area contributed by atoms with Crippen LogP contribution in [0.5, 0.6) is 0 Å². The Morgan fingerprint density at radius 2 is 2.71 bits per heavy atom. The van der Waals surface area contributed by atoms with Gasteiger partial charge in [0.05, 0.1) is 6.54 Å². The van der Waals surface area contributed by atoms with E-state index in [1.165, 1.54) is 0 Å². The molecule has 1 aliphatic rings. The van der Waals surface area contributed by atoms with Crippen LogP contribution in [0.2, 0.25) is 0 Å². The third-order valence-corrected chi connectivity index (χ3v) is 1.04. The summed E-state index contributed by atoms with van der Waals surface area (Å²) in [5.74, 6) is 0.583. The third kappa shape index (κ3) is 0.918. The fraction of sp³-hybridized carbons (Fsp3) is 0.600. The average Bonchev–Trinajstić information content (AvgIpc) is 1.87. The first-order chi connectivity index (χ1) is 3.29. The maximum Gasteiger partial charge on any atom is 0.220 e. The first kappa shape index (κ1) is 4.62. The number of nitrogens with one attached hydrogen (secondary N) is 1. The zero-order valence-electron chi connectivity index (χ0n) is 4.27. The molecule has 2 nitrogen and oxygen atoms in total. The molecule has 1 atom stereocenters. The Hall–Kier alpha value is -0.530. The fourth-order valence-corrected chi connectivity index (χ4v) is 0.645. The Kier molecular flexibility index (Phi) is 1.01. The lowest BCUT2D eigenvalue weighted by molar-refractivity contribution is -0.119. The maximum absolute atomic E-state index is 10.3. The summed E-state index contributed by atoms with van der Waals surface area (Å²) in [7, 11) is 0. The summed E-state index contributed by atoms with van der Waals surface area (Å²) in [6.07, 6.45) is 0.667. The zero-order chi connectivity index (χ0) is 5.28. The SMILES string of the molecule is CC1[CH]NC(=O)C1. The molecule has 1 rings (SSSR count). The summed E-state index contributed by atoms with van der Waals surface area (Å²) in [5.41, 5.74) is 0. The number of hydrogen-bond donors (Lipinski definition) is 1. The molecule has 0 saturated carbocycles. The van der Waals surface area contributed by atoms with Gasteiger partial charge >= 0.3 is 0 Å². The van der Waals surface area contributed by atoms with Crippen molar-refractivity contribution in [2.75, 3.05) is 0 Å². The standard InChI is InChI=1S/C5H8NO/c1-4-2-5(7)6-3-4/h3-4H,2H2,1H3,(H,6,7). The van der Waals surface area contributed by atoms with Crippen molar-refractivity contribution in [1.82, 2.24) is 5.32 Å². The molecule has 7 heavy (non-hydrogen) atoms. The van der Waals surface area contributed by atoms with Gasteiger partial charge in [0.2, 0.25) is 5.91 Å². The molecule has 1 N–H and O–H groups in total. The lowest BCUT2D eigenvalue weighted by Gasteiger charge is -1.87. The van der Waals surface area contributed by atoms with Crippen molar-refractivity contribution in [3.05, 3.63) is 6.54 Å². The number of amides is 1. The van der Waals surface area contributed by atoms with Gasteiger partial charge < -0.3 is 5.32 Å². The van der Waals surface area contributed by atoms with Crippen LogP contribution in [0.4, 0.5) is 0 Å². The van der Waals surface area contributed by atoms with E-state index < -0.39 is 0 Å². The van der Waals surface area contributed by atoms with Crippen LogP contribution in [-0.4, -0.2) is 5.91 Å². The Bertz CT molecular complexity index is 90.1. The van der Waals surface area contributed by atoms with Crippen molar-refractivity contribution >= 4 is 5.91 Å². The molecule has 0 aromatic heterocycles. The summed E-state index contributed by atoms with van der Waals surface area (Å²) in [6, 6.07) is 0. The van der Waals surface area contributed by atoms with Gasteiger partial charge in [-0.15, -0.1) is 0 Å². The molecule has 0 aromatic rings. The number of rotatable bonds is 0. The third-order valence-electron chi connectivity index (χ3n) is 1.04. The Morgan fingerprint density at radius 1 is 2.00 bits per heavy atom. The van der Waals surface area contributed by atoms with E-state index in [2.05, 4.69) is 5.32 Å². The predicted molar refractivity (Wildman–Crippen MR) is 26.2 cm³/mol. The summed E-state index contributed by atoms with van der Waals surface area (Å²) in [5, 5.41) is 2.61. The highest BCUT2D eigenvalue weighted by atomic mass is 16.1. The highest BCUT2D eigenvalue weighted by Gasteiger charge is 2.16. The lowest BCUT2D eigenvalue weighted by atomic mass is 10.2. The summed E-state index contributed by atoms with van der Waals surface area (Å²) < 4.78 is 0. The van der Waals surface area contributed by atoms with Crippen LogP contribution >= 0.6 is 0 Å². The quantitative estimate of drug-likeness (QED) is 0.464. The van der Waals surface area contributed by atoms with Gasteiger partial charge in [0, 0.05) is 6.42 Å². The minimum absolute atomic E-state index is 0.146. The smallest absolute Gasteiger partial charge is 0.220 e. The molecule has 1 saturated heterocycles. The van der Waals surface area contributed by atoms with E-state index in [0.29, 0.717) is 12.3 Å². The second-order valence-corrected chi connectivity index (χ2v) is 1.92. The van der Waals surface area contributed by atoms with E-state index in [4.69, 9.17) is 0 Å². The molecule has 39 valence electrons. The zero-order valence-corrected chi connectivity index (χ0v) is 4.27. The van der Waals surface area contributed by atoms with Crippen molar-refractivity contribution in [2.24, 2.45) is 5.92 Å². The molecule has 0 aliphatic carbocycles. The summed E-state index contributed by atoms with van der Waals surface area (Å²) in [6.45, 7) is 3.83. The van der Waals surface area contributed by atoms with E-state index in [1.54, 1.807) is 0 Å². The highest BCUT2D eigenvalue weighted by molar-refractivity contribution is 5.79. The normalized spacial score (nSPS) is 30.4. The Labute approximate surface area is 42.9 Å². The second kappa shape index (κ2) is 1.52. The lowest BCUT2D eigenvalue weighted by Crippen LogP contribution is -2.08. The van der Waals surface area contributed by atoms with E-state index >= 15 is 0 Å². The van der Waals surface area contributed by atoms with Crippen LogP contribution in [0.25, 0.3) is 0 Å². The molecular formula is C5H8NO. The van der Waals surface area contributed by atoms with Crippen molar-refractivity contribution in [1.29, 1.82) is 0 Å². The maximum atomic E-state index is 10.3. The fourth-order valence-electron chi connectivity index (χ4n) is 0.645. The van der Waals surface area contributed by atoms with Crippen molar-refractivity contribution in [3.8, 4) is 0 Å². The van der Waals surface area contributed by atoms with Crippen molar-refractivity contribution in [2.45, 2.75) is 13.3 Å². The van der Waals surface area contributed by atoms with Gasteiger partial charge in [-0.05, 0) is 5.92 Å². The second-order valence-electron chi connectivity index (χ2n) is 1.92. The topological polar surface area (TPSA) is 29.1 Å². The van der Waals surface area contributed by atoms with Crippen LogP contribution in [0, 0.1) is 12.5 Å². The van der Waals surface area contributed by atoms with Crippen LogP contribution in [0.3, 0.4) is 0 Å². The van der Waals surface area contributed by atoms with E-state index in [0.717, 1.165) is 0 Å². The van der Waals surface area contributed by atoms with Crippen LogP contribution in [0.1, 0.15) is 13.3 Å². The van der Waals surface area contributed by atoms with Crippen LogP contribution in [0.15, 0.2) is 0 Å². The van der Waals surface area contributed by atoms with Gasteiger partial charge in [0.15, 0.2) is 0 Å². The Balaban J connectivity index is 2.40. The molecule has 1 aliphatic heterocycles. The van der Waals surface area contributed by atoms with Gasteiger partial charge in [-0.1, -0.05) is 6.92 Å². The Morgan fingerprint density at radius 3 is 2.86 bits per heavy atom. The summed E-state index contributed by atoms with van der Waals surface area (Å²) in [4.78, 5) is 10.3. The first-order valence-electron chi connectivity index (χ1n) is 2.42. The molecule has 1 amide bonds. The molecule has 1 heterocycles. The van der Waals surface area contributed by atoms with Crippen LogP contribution in [-0.2, 0) is 4.79 Å². The van der Waals surface area contributed by atoms with Gasteiger partial charge in [0.1, 0.15) is 0 Å². The number of carbonyl (C=O) groups excluding carboxylic acids is 1. The molecule has 1 fully saturated rings. The largest absolute Gasteiger partial charge is 0.351 e. The highest BCUT2D eigenvalue weighted by Crippen LogP contribution is 2.09. The molecule has 0 spiro atoms. The van der Waals surface area contributed by atoms with E-state index in [1.807, 2.05) is 13.5 Å². The summed E-state index contributed by atoms with van der Waals surface area (Å²) >= 11 is 0. The number of carbonyl (C=O) groups is 1. The minimum Gasteiger partial charge on any atom is -0.351 e. The van der Waals surface area contributed by atoms with Gasteiger partial charge in [-0.2, -0.15) is 0 Å². The van der Waals surface area contributed by atoms with Gasteiger partial charge in [-0.25, -0.2) is 0 Å². The monoisotopic (exact) mass is 98.1 g/mol. The molecule has 0 aromatic carbocycles. The molecule has 2 heteroatoms. The molecule has 1 radical (unpaired) electrons. The van der Waals surface area contributed by atoms with Gasteiger partial charge in [-0.3, -0.25) is 4.79 Å². The molecular weight excluding hydrogens is 90.1 g/mol. The van der Waals surface area contributed by atoms with Crippen molar-refractivity contribution < 1.29 is 4.79 Å². The molecule has 1 unspecified atom stereocenters. The molecule has 0 bridgehead atoms. The van der Waals surface area contributed by atoms with Crippen LogP contribution < -0.4 is 5.32 Å². The van der Waals surface area contributed by atoms with E-state index in [9.17, 15) is 4.79 Å². The predicted octanol–water partition coefficient (Wildman–Crippen LogP) is 0.304. The van der Waals surface area contributed by atoms with E-state index in [-0.39, 0.29) is 5.91 Å². The first-order valence-corrected chi connectivity index (χ1v) is 2.42. The minimum atomic E-state index is 0.146. The average molecular weight is 98.1 g/mol. The number of hydrogen-bond acceptors (Lipinski definition) is 1. The van der Waals surface area contributed by atoms with Gasteiger partial charge in [0.25, 0.3) is 0 Å².